The highest BCUT2D eigenvalue weighted by Gasteiger charge is 2.16. The molecule has 0 aromatic heterocycles. The molecule has 0 unspecified atom stereocenters. The Bertz CT molecular complexity index is 378. The highest BCUT2D eigenvalue weighted by Crippen LogP contribution is 2.30. The Morgan fingerprint density at radius 3 is 2.38 bits per heavy atom. The molecule has 1 rings (SSSR count). The number of phenolic OH excluding ortho intramolecular Hbond substituents is 1. The normalized spacial score (nSPS) is 11.1. The maximum atomic E-state index is 11.9. The first-order valence-corrected chi connectivity index (χ1v) is 5.78. The number of aromatic hydroxyl groups is 1. The molecule has 2 nitrogen and oxygen atoms in total. The van der Waals surface area contributed by atoms with E-state index >= 15 is 0 Å². The molecule has 1 aromatic rings. The Kier molecular flexibility index (Phi) is 4.11. The molecule has 0 amide bonds. The number of rotatable bonds is 4. The average molecular weight is 220 g/mol. The number of para-hydroxylation sites is 1. The zero-order valence-electron chi connectivity index (χ0n) is 10.4. The molecule has 0 saturated heterocycles. The van der Waals surface area contributed by atoms with Crippen LogP contribution in [0.3, 0.4) is 0 Å². The van der Waals surface area contributed by atoms with Gasteiger partial charge in [0.1, 0.15) is 5.75 Å². The van der Waals surface area contributed by atoms with Crippen molar-refractivity contribution in [1.29, 1.82) is 0 Å². The van der Waals surface area contributed by atoms with Crippen molar-refractivity contribution in [3.8, 4) is 5.75 Å². The fourth-order valence-corrected chi connectivity index (χ4v) is 1.73. The molecule has 0 spiro atoms. The van der Waals surface area contributed by atoms with Gasteiger partial charge in [0.2, 0.25) is 0 Å². The van der Waals surface area contributed by atoms with Crippen molar-refractivity contribution in [1.82, 2.24) is 0 Å². The second-order valence-corrected chi connectivity index (χ2v) is 4.92. The third kappa shape index (κ3) is 2.84. The first-order chi connectivity index (χ1) is 7.43. The lowest BCUT2D eigenvalue weighted by Gasteiger charge is -2.12. The number of carbonyl (C=O) groups excluding carboxylic acids is 1. The van der Waals surface area contributed by atoms with Crippen LogP contribution in [0.4, 0.5) is 0 Å². The number of hydrogen-bond acceptors (Lipinski definition) is 2. The van der Waals surface area contributed by atoms with Gasteiger partial charge in [-0.3, -0.25) is 4.79 Å². The predicted octanol–water partition coefficient (Wildman–Crippen LogP) is 3.74. The molecule has 0 aliphatic rings. The van der Waals surface area contributed by atoms with Crippen molar-refractivity contribution >= 4 is 5.78 Å². The fourth-order valence-electron chi connectivity index (χ4n) is 1.73. The number of hydrogen-bond donors (Lipinski definition) is 1. The molecule has 0 atom stereocenters. The van der Waals surface area contributed by atoms with Crippen LogP contribution in [0.25, 0.3) is 0 Å². The first kappa shape index (κ1) is 12.8. The van der Waals surface area contributed by atoms with E-state index in [-0.39, 0.29) is 17.5 Å². The average Bonchev–Trinajstić information content (AvgIpc) is 2.16. The molecule has 0 saturated carbocycles. The Morgan fingerprint density at radius 1 is 1.25 bits per heavy atom. The summed E-state index contributed by atoms with van der Waals surface area (Å²) in [5.41, 5.74) is 1.30. The molecule has 1 aromatic carbocycles. The van der Waals surface area contributed by atoms with Crippen molar-refractivity contribution in [3.63, 3.8) is 0 Å². The van der Waals surface area contributed by atoms with E-state index in [0.29, 0.717) is 17.9 Å². The van der Waals surface area contributed by atoms with Gasteiger partial charge < -0.3 is 5.11 Å². The molecule has 16 heavy (non-hydrogen) atoms. The Morgan fingerprint density at radius 2 is 1.88 bits per heavy atom. The summed E-state index contributed by atoms with van der Waals surface area (Å²) in [5.74, 6) is 0.722. The molecule has 0 heterocycles. The molecule has 0 bridgehead atoms. The van der Waals surface area contributed by atoms with Crippen LogP contribution in [0.2, 0.25) is 0 Å². The molecule has 0 radical (unpaired) electrons. The number of Topliss-reactive ketones (excluding diaryl/α,β-unsaturated/α-hetero) is 1. The van der Waals surface area contributed by atoms with Gasteiger partial charge in [0.25, 0.3) is 0 Å². The SMILES string of the molecule is CC(C)CC(=O)c1cccc(C(C)C)c1O. The molecule has 1 N–H and O–H groups in total. The van der Waals surface area contributed by atoms with Crippen molar-refractivity contribution < 1.29 is 9.90 Å². The summed E-state index contributed by atoms with van der Waals surface area (Å²) in [4.78, 5) is 11.9. The summed E-state index contributed by atoms with van der Waals surface area (Å²) in [6.45, 7) is 8.01. The molecule has 88 valence electrons. The molecular weight excluding hydrogens is 200 g/mol. The standard InChI is InChI=1S/C14H20O2/c1-9(2)8-13(15)12-7-5-6-11(10(3)4)14(12)16/h5-7,9-10,16H,8H2,1-4H3. The minimum absolute atomic E-state index is 0.0231. The monoisotopic (exact) mass is 220 g/mol. The van der Waals surface area contributed by atoms with E-state index in [4.69, 9.17) is 0 Å². The van der Waals surface area contributed by atoms with E-state index in [1.807, 2.05) is 39.8 Å². The highest BCUT2D eigenvalue weighted by molar-refractivity contribution is 5.99. The van der Waals surface area contributed by atoms with Gasteiger partial charge in [-0.1, -0.05) is 39.8 Å². The summed E-state index contributed by atoms with van der Waals surface area (Å²) < 4.78 is 0. The summed E-state index contributed by atoms with van der Waals surface area (Å²) in [7, 11) is 0. The molecule has 0 aliphatic carbocycles. The Hall–Kier alpha value is -1.31. The van der Waals surface area contributed by atoms with Gasteiger partial charge in [0, 0.05) is 6.42 Å². The van der Waals surface area contributed by atoms with Gasteiger partial charge >= 0.3 is 0 Å². The summed E-state index contributed by atoms with van der Waals surface area (Å²) in [6.07, 6.45) is 0.481. The van der Waals surface area contributed by atoms with Gasteiger partial charge in [0.15, 0.2) is 5.78 Å². The Balaban J connectivity index is 3.06. The van der Waals surface area contributed by atoms with Crippen LogP contribution in [0.1, 0.15) is 56.0 Å². The molecule has 0 fully saturated rings. The number of ketones is 1. The van der Waals surface area contributed by atoms with Gasteiger partial charge in [-0.05, 0) is 23.5 Å². The lowest BCUT2D eigenvalue weighted by molar-refractivity contribution is 0.0965. The zero-order chi connectivity index (χ0) is 12.3. The van der Waals surface area contributed by atoms with Crippen LogP contribution in [-0.2, 0) is 0 Å². The van der Waals surface area contributed by atoms with Crippen LogP contribution in [0, 0.1) is 5.92 Å². The largest absolute Gasteiger partial charge is 0.507 e. The molecule has 2 heteroatoms. The number of carbonyl (C=O) groups is 1. The fraction of sp³-hybridized carbons (Fsp3) is 0.500. The van der Waals surface area contributed by atoms with Crippen molar-refractivity contribution in [2.45, 2.75) is 40.0 Å². The van der Waals surface area contributed by atoms with Crippen molar-refractivity contribution in [2.75, 3.05) is 0 Å². The molecular formula is C14H20O2. The van der Waals surface area contributed by atoms with E-state index in [2.05, 4.69) is 0 Å². The van der Waals surface area contributed by atoms with E-state index in [1.54, 1.807) is 6.07 Å². The van der Waals surface area contributed by atoms with Gasteiger partial charge in [-0.15, -0.1) is 0 Å². The van der Waals surface area contributed by atoms with Crippen LogP contribution in [0.5, 0.6) is 5.75 Å². The summed E-state index contributed by atoms with van der Waals surface area (Å²) >= 11 is 0. The first-order valence-electron chi connectivity index (χ1n) is 5.78. The highest BCUT2D eigenvalue weighted by atomic mass is 16.3. The topological polar surface area (TPSA) is 37.3 Å². The van der Waals surface area contributed by atoms with E-state index in [0.717, 1.165) is 5.56 Å². The van der Waals surface area contributed by atoms with Crippen LogP contribution < -0.4 is 0 Å². The quantitative estimate of drug-likeness (QED) is 0.785. The van der Waals surface area contributed by atoms with Gasteiger partial charge in [-0.2, -0.15) is 0 Å². The Labute approximate surface area is 97.3 Å². The minimum Gasteiger partial charge on any atom is -0.507 e. The van der Waals surface area contributed by atoms with E-state index in [1.165, 1.54) is 0 Å². The number of phenols is 1. The third-order valence-corrected chi connectivity index (χ3v) is 2.58. The van der Waals surface area contributed by atoms with Crippen LogP contribution >= 0.6 is 0 Å². The van der Waals surface area contributed by atoms with Crippen LogP contribution in [0.15, 0.2) is 18.2 Å². The maximum absolute atomic E-state index is 11.9. The lowest BCUT2D eigenvalue weighted by Crippen LogP contribution is -2.05. The third-order valence-electron chi connectivity index (χ3n) is 2.58. The smallest absolute Gasteiger partial charge is 0.166 e. The predicted molar refractivity (Wildman–Crippen MR) is 66.0 cm³/mol. The van der Waals surface area contributed by atoms with Gasteiger partial charge in [-0.25, -0.2) is 0 Å². The second kappa shape index (κ2) is 5.15. The van der Waals surface area contributed by atoms with E-state index < -0.39 is 0 Å². The molecule has 0 aliphatic heterocycles. The van der Waals surface area contributed by atoms with E-state index in [9.17, 15) is 9.90 Å². The van der Waals surface area contributed by atoms with Gasteiger partial charge in [0.05, 0.1) is 5.56 Å². The van der Waals surface area contributed by atoms with Crippen molar-refractivity contribution in [2.24, 2.45) is 5.92 Å². The second-order valence-electron chi connectivity index (χ2n) is 4.92. The zero-order valence-corrected chi connectivity index (χ0v) is 10.4. The van der Waals surface area contributed by atoms with Crippen LogP contribution in [-0.4, -0.2) is 10.9 Å². The van der Waals surface area contributed by atoms with Crippen molar-refractivity contribution in [3.05, 3.63) is 29.3 Å². The number of benzene rings is 1. The maximum Gasteiger partial charge on any atom is 0.166 e. The summed E-state index contributed by atoms with van der Waals surface area (Å²) in [6, 6.07) is 5.40. The summed E-state index contributed by atoms with van der Waals surface area (Å²) in [5, 5.41) is 10.0. The minimum atomic E-state index is 0.0231. The lowest BCUT2D eigenvalue weighted by atomic mass is 9.94.